The first kappa shape index (κ1) is 15.1. The lowest BCUT2D eigenvalue weighted by molar-refractivity contribution is 0.00858. The summed E-state index contributed by atoms with van der Waals surface area (Å²) in [6.07, 6.45) is 5.41. The minimum Gasteiger partial charge on any atom is -0.310 e. The van der Waals surface area contributed by atoms with Crippen LogP contribution in [-0.2, 0) is 5.54 Å². The Kier molecular flexibility index (Phi) is 4.37. The van der Waals surface area contributed by atoms with E-state index in [1.165, 1.54) is 37.8 Å². The number of nitrogens with one attached hydrogen (secondary N) is 1. The summed E-state index contributed by atoms with van der Waals surface area (Å²) in [5.74, 6) is 0.932. The van der Waals surface area contributed by atoms with E-state index in [4.69, 9.17) is 0 Å². The topological polar surface area (TPSA) is 15.3 Å². The van der Waals surface area contributed by atoms with Crippen molar-refractivity contribution in [2.75, 3.05) is 13.1 Å². The van der Waals surface area contributed by atoms with Crippen LogP contribution in [0.15, 0.2) is 30.3 Å². The van der Waals surface area contributed by atoms with Gasteiger partial charge in [0.15, 0.2) is 0 Å². The van der Waals surface area contributed by atoms with Crippen molar-refractivity contribution in [2.45, 2.75) is 64.1 Å². The molecule has 0 radical (unpaired) electrons. The summed E-state index contributed by atoms with van der Waals surface area (Å²) in [4.78, 5) is 2.78. The molecule has 3 atom stereocenters. The molecule has 0 aromatic heterocycles. The minimum atomic E-state index is 0.126. The largest absolute Gasteiger partial charge is 0.310 e. The van der Waals surface area contributed by atoms with Gasteiger partial charge in [-0.25, -0.2) is 0 Å². The summed E-state index contributed by atoms with van der Waals surface area (Å²) in [6, 6.07) is 12.4. The lowest BCUT2D eigenvalue weighted by Gasteiger charge is -2.51. The average molecular weight is 286 g/mol. The van der Waals surface area contributed by atoms with Crippen LogP contribution < -0.4 is 5.32 Å². The molecule has 1 aromatic rings. The minimum absolute atomic E-state index is 0.126. The van der Waals surface area contributed by atoms with Crippen molar-refractivity contribution in [3.8, 4) is 0 Å². The molecule has 1 aliphatic heterocycles. The Morgan fingerprint density at radius 1 is 1.29 bits per heavy atom. The van der Waals surface area contributed by atoms with Gasteiger partial charge in [-0.1, -0.05) is 43.7 Å². The van der Waals surface area contributed by atoms with Crippen LogP contribution in [0, 0.1) is 5.92 Å². The predicted molar refractivity (Wildman–Crippen MR) is 89.4 cm³/mol. The van der Waals surface area contributed by atoms with Crippen LogP contribution in [0.2, 0.25) is 0 Å². The molecule has 2 nitrogen and oxygen atoms in total. The Bertz CT molecular complexity index is 454. The maximum atomic E-state index is 3.86. The van der Waals surface area contributed by atoms with E-state index in [-0.39, 0.29) is 5.54 Å². The zero-order valence-electron chi connectivity index (χ0n) is 13.8. The number of hydrogen-bond donors (Lipinski definition) is 1. The third kappa shape index (κ3) is 3.02. The van der Waals surface area contributed by atoms with Gasteiger partial charge in [-0.2, -0.15) is 0 Å². The molecule has 2 fully saturated rings. The molecule has 0 bridgehead atoms. The van der Waals surface area contributed by atoms with Crippen LogP contribution in [0.1, 0.15) is 52.0 Å². The van der Waals surface area contributed by atoms with Crippen LogP contribution >= 0.6 is 0 Å². The van der Waals surface area contributed by atoms with E-state index >= 15 is 0 Å². The van der Waals surface area contributed by atoms with Crippen molar-refractivity contribution in [1.29, 1.82) is 0 Å². The Labute approximate surface area is 129 Å². The number of benzene rings is 1. The standard InChI is InChI=1S/C19H30N2/c1-4-8-15(2)21-13-18(16-11-12-16)20-14-19(21,3)17-9-6-5-7-10-17/h5-7,9-10,15-16,18,20H,4,8,11-14H2,1-3H3. The first-order valence-electron chi connectivity index (χ1n) is 8.71. The van der Waals surface area contributed by atoms with Crippen molar-refractivity contribution in [3.63, 3.8) is 0 Å². The van der Waals surface area contributed by atoms with Crippen molar-refractivity contribution >= 4 is 0 Å². The van der Waals surface area contributed by atoms with E-state index in [0.717, 1.165) is 12.5 Å². The van der Waals surface area contributed by atoms with Gasteiger partial charge in [0.2, 0.25) is 0 Å². The van der Waals surface area contributed by atoms with Crippen molar-refractivity contribution in [2.24, 2.45) is 5.92 Å². The molecule has 1 aromatic carbocycles. The van der Waals surface area contributed by atoms with Crippen LogP contribution in [0.5, 0.6) is 0 Å². The summed E-state index contributed by atoms with van der Waals surface area (Å²) in [7, 11) is 0. The molecule has 1 heterocycles. The summed E-state index contributed by atoms with van der Waals surface area (Å²) in [5.41, 5.74) is 1.58. The number of rotatable bonds is 5. The van der Waals surface area contributed by atoms with Crippen LogP contribution in [0.4, 0.5) is 0 Å². The monoisotopic (exact) mass is 286 g/mol. The molecule has 1 N–H and O–H groups in total. The Morgan fingerprint density at radius 2 is 2.00 bits per heavy atom. The van der Waals surface area contributed by atoms with Gasteiger partial charge in [0.1, 0.15) is 0 Å². The number of piperazine rings is 1. The fraction of sp³-hybridized carbons (Fsp3) is 0.684. The fourth-order valence-corrected chi connectivity index (χ4v) is 4.03. The second kappa shape index (κ2) is 6.10. The highest BCUT2D eigenvalue weighted by atomic mass is 15.3. The van der Waals surface area contributed by atoms with E-state index in [9.17, 15) is 0 Å². The van der Waals surface area contributed by atoms with Crippen molar-refractivity contribution in [1.82, 2.24) is 10.2 Å². The van der Waals surface area contributed by atoms with Crippen LogP contribution in [-0.4, -0.2) is 30.1 Å². The van der Waals surface area contributed by atoms with Crippen LogP contribution in [0.25, 0.3) is 0 Å². The summed E-state index contributed by atoms with van der Waals surface area (Å²) >= 11 is 0. The molecule has 3 unspecified atom stereocenters. The number of hydrogen-bond acceptors (Lipinski definition) is 2. The van der Waals surface area contributed by atoms with Gasteiger partial charge in [0, 0.05) is 25.2 Å². The van der Waals surface area contributed by atoms with Gasteiger partial charge in [0.25, 0.3) is 0 Å². The first-order chi connectivity index (χ1) is 10.1. The first-order valence-corrected chi connectivity index (χ1v) is 8.71. The molecular weight excluding hydrogens is 256 g/mol. The maximum absolute atomic E-state index is 3.86. The van der Waals surface area contributed by atoms with Crippen LogP contribution in [0.3, 0.4) is 0 Å². The fourth-order valence-electron chi connectivity index (χ4n) is 4.03. The van der Waals surface area contributed by atoms with Crippen molar-refractivity contribution in [3.05, 3.63) is 35.9 Å². The second-order valence-corrected chi connectivity index (χ2v) is 7.25. The SMILES string of the molecule is CCCC(C)N1CC(C2CC2)NCC1(C)c1ccccc1. The predicted octanol–water partition coefficient (Wildman–Crippen LogP) is 3.77. The van der Waals surface area contributed by atoms with E-state index in [2.05, 4.69) is 61.3 Å². The zero-order chi connectivity index (χ0) is 14.9. The summed E-state index contributed by atoms with van der Waals surface area (Å²) in [5, 5.41) is 3.86. The Hall–Kier alpha value is -0.860. The van der Waals surface area contributed by atoms with E-state index in [1.54, 1.807) is 0 Å². The molecule has 3 rings (SSSR count). The molecule has 0 spiro atoms. The van der Waals surface area contributed by atoms with Gasteiger partial charge < -0.3 is 5.32 Å². The molecule has 2 heteroatoms. The van der Waals surface area contributed by atoms with Gasteiger partial charge in [-0.15, -0.1) is 0 Å². The molecular formula is C19H30N2. The summed E-state index contributed by atoms with van der Waals surface area (Å²) in [6.45, 7) is 9.42. The van der Waals surface area contributed by atoms with Gasteiger partial charge in [-0.05, 0) is 44.6 Å². The van der Waals surface area contributed by atoms with E-state index in [1.807, 2.05) is 0 Å². The highest BCUT2D eigenvalue weighted by Crippen LogP contribution is 2.39. The molecule has 1 saturated carbocycles. The average Bonchev–Trinajstić information content (AvgIpc) is 3.33. The molecule has 0 amide bonds. The maximum Gasteiger partial charge on any atom is 0.0560 e. The van der Waals surface area contributed by atoms with Gasteiger partial charge in [-0.3, -0.25) is 4.90 Å². The van der Waals surface area contributed by atoms with Gasteiger partial charge in [0.05, 0.1) is 5.54 Å². The zero-order valence-corrected chi connectivity index (χ0v) is 13.8. The molecule has 1 saturated heterocycles. The van der Waals surface area contributed by atoms with E-state index < -0.39 is 0 Å². The molecule has 21 heavy (non-hydrogen) atoms. The third-order valence-corrected chi connectivity index (χ3v) is 5.56. The quantitative estimate of drug-likeness (QED) is 0.886. The Balaban J connectivity index is 1.85. The lowest BCUT2D eigenvalue weighted by Crippen LogP contribution is -2.64. The summed E-state index contributed by atoms with van der Waals surface area (Å²) < 4.78 is 0. The normalized spacial score (nSPS) is 32.0. The molecule has 2 aliphatic rings. The molecule has 1 aliphatic carbocycles. The lowest BCUT2D eigenvalue weighted by atomic mass is 9.84. The molecule has 116 valence electrons. The van der Waals surface area contributed by atoms with Crippen molar-refractivity contribution < 1.29 is 0 Å². The highest BCUT2D eigenvalue weighted by molar-refractivity contribution is 5.26. The van der Waals surface area contributed by atoms with Gasteiger partial charge >= 0.3 is 0 Å². The second-order valence-electron chi connectivity index (χ2n) is 7.25. The smallest absolute Gasteiger partial charge is 0.0560 e. The van der Waals surface area contributed by atoms with E-state index in [0.29, 0.717) is 12.1 Å². The highest BCUT2D eigenvalue weighted by Gasteiger charge is 2.44. The third-order valence-electron chi connectivity index (χ3n) is 5.56. The Morgan fingerprint density at radius 3 is 2.62 bits per heavy atom. The number of nitrogens with zero attached hydrogens (tertiary/aromatic N) is 1.